The molecule has 0 bridgehead atoms. The number of carbonyl (C=O) groups is 3. The lowest BCUT2D eigenvalue weighted by Crippen LogP contribution is -2.43. The van der Waals surface area contributed by atoms with Gasteiger partial charge in [0.15, 0.2) is 0 Å². The number of likely N-dealkylation sites (tertiary alicyclic amines) is 1. The molecule has 0 spiro atoms. The van der Waals surface area contributed by atoms with Crippen LogP contribution in [-0.4, -0.2) is 54.2 Å². The summed E-state index contributed by atoms with van der Waals surface area (Å²) in [5, 5.41) is 11.8. The highest BCUT2D eigenvalue weighted by Crippen LogP contribution is 2.35. The molecule has 1 aliphatic rings. The van der Waals surface area contributed by atoms with Gasteiger partial charge < -0.3 is 20.1 Å². The summed E-state index contributed by atoms with van der Waals surface area (Å²) in [6.45, 7) is 4.25. The van der Waals surface area contributed by atoms with Gasteiger partial charge in [0.1, 0.15) is 6.54 Å². The topological polar surface area (TPSA) is 95.9 Å². The molecule has 20 heavy (non-hydrogen) atoms. The number of esters is 1. The molecule has 114 valence electrons. The highest BCUT2D eigenvalue weighted by molar-refractivity contribution is 5.82. The Morgan fingerprint density at radius 1 is 1.35 bits per heavy atom. The third-order valence-corrected chi connectivity index (χ3v) is 3.51. The zero-order valence-corrected chi connectivity index (χ0v) is 12.0. The normalized spacial score (nSPS) is 21.6. The summed E-state index contributed by atoms with van der Waals surface area (Å²) in [5.41, 5.74) is -0.851. The van der Waals surface area contributed by atoms with Gasteiger partial charge >= 0.3 is 18.0 Å². The minimum atomic E-state index is -0.861. The molecule has 1 saturated heterocycles. The van der Waals surface area contributed by atoms with E-state index in [1.165, 1.54) is 4.90 Å². The van der Waals surface area contributed by atoms with Crippen molar-refractivity contribution in [1.29, 1.82) is 0 Å². The lowest BCUT2D eigenvalue weighted by molar-refractivity contribution is -0.148. The van der Waals surface area contributed by atoms with Crippen LogP contribution in [0.1, 0.15) is 33.1 Å². The summed E-state index contributed by atoms with van der Waals surface area (Å²) >= 11 is 0. The van der Waals surface area contributed by atoms with Gasteiger partial charge in [-0.25, -0.2) is 4.79 Å². The average Bonchev–Trinajstić information content (AvgIpc) is 2.82. The minimum absolute atomic E-state index is 0.185. The van der Waals surface area contributed by atoms with Crippen molar-refractivity contribution in [2.75, 3.05) is 26.2 Å². The number of urea groups is 1. The van der Waals surface area contributed by atoms with E-state index in [-0.39, 0.29) is 19.7 Å². The smallest absolute Gasteiger partial charge is 0.325 e. The van der Waals surface area contributed by atoms with Crippen molar-refractivity contribution in [3.63, 3.8) is 0 Å². The van der Waals surface area contributed by atoms with Crippen LogP contribution in [0.5, 0.6) is 0 Å². The Morgan fingerprint density at radius 3 is 2.60 bits per heavy atom. The highest BCUT2D eigenvalue weighted by Gasteiger charge is 2.45. The molecule has 7 heteroatoms. The predicted octanol–water partition coefficient (Wildman–Crippen LogP) is 0.836. The zero-order chi connectivity index (χ0) is 15.2. The molecule has 1 heterocycles. The summed E-state index contributed by atoms with van der Waals surface area (Å²) in [6, 6.07) is -0.419. The maximum Gasteiger partial charge on any atom is 0.325 e. The third kappa shape index (κ3) is 3.85. The molecule has 1 fully saturated rings. The Kier molecular flexibility index (Phi) is 5.79. The first-order valence-corrected chi connectivity index (χ1v) is 6.87. The van der Waals surface area contributed by atoms with Crippen LogP contribution in [-0.2, 0) is 14.3 Å². The standard InChI is InChI=1S/C13H22N2O5/c1-3-5-13(11(17)18)6-7-15(9-13)12(19)14-8-10(16)20-4-2/h3-9H2,1-2H3,(H,14,19)(H,17,18). The van der Waals surface area contributed by atoms with E-state index in [0.29, 0.717) is 19.4 Å². The highest BCUT2D eigenvalue weighted by atomic mass is 16.5. The summed E-state index contributed by atoms with van der Waals surface area (Å²) in [7, 11) is 0. The molecular formula is C13H22N2O5. The van der Waals surface area contributed by atoms with Crippen molar-refractivity contribution in [2.45, 2.75) is 33.1 Å². The Hall–Kier alpha value is -1.79. The van der Waals surface area contributed by atoms with Crippen molar-refractivity contribution in [3.8, 4) is 0 Å². The summed E-state index contributed by atoms with van der Waals surface area (Å²) in [4.78, 5) is 35.9. The molecule has 0 aromatic rings. The zero-order valence-electron chi connectivity index (χ0n) is 12.0. The van der Waals surface area contributed by atoms with Crippen LogP contribution in [0.2, 0.25) is 0 Å². The number of aliphatic carboxylic acids is 1. The van der Waals surface area contributed by atoms with E-state index < -0.39 is 23.4 Å². The number of carboxylic acid groups (broad SMARTS) is 1. The van der Waals surface area contributed by atoms with E-state index in [9.17, 15) is 19.5 Å². The first kappa shape index (κ1) is 16.3. The molecule has 1 unspecified atom stereocenters. The summed E-state index contributed by atoms with van der Waals surface area (Å²) < 4.78 is 4.71. The van der Waals surface area contributed by atoms with Gasteiger partial charge in [-0.3, -0.25) is 9.59 Å². The average molecular weight is 286 g/mol. The molecule has 0 aromatic carbocycles. The van der Waals surface area contributed by atoms with Crippen molar-refractivity contribution in [3.05, 3.63) is 0 Å². The largest absolute Gasteiger partial charge is 0.481 e. The minimum Gasteiger partial charge on any atom is -0.481 e. The monoisotopic (exact) mass is 286 g/mol. The number of hydrogen-bond donors (Lipinski definition) is 2. The Bertz CT molecular complexity index is 385. The Labute approximate surface area is 118 Å². The number of nitrogens with one attached hydrogen (secondary N) is 1. The van der Waals surface area contributed by atoms with Crippen LogP contribution >= 0.6 is 0 Å². The molecule has 1 rings (SSSR count). The lowest BCUT2D eigenvalue weighted by atomic mass is 9.83. The van der Waals surface area contributed by atoms with Crippen LogP contribution < -0.4 is 5.32 Å². The van der Waals surface area contributed by atoms with Crippen molar-refractivity contribution in [1.82, 2.24) is 10.2 Å². The number of nitrogens with zero attached hydrogens (tertiary/aromatic N) is 1. The first-order chi connectivity index (χ1) is 9.45. The number of hydrogen-bond acceptors (Lipinski definition) is 4. The van der Waals surface area contributed by atoms with Crippen LogP contribution in [0.4, 0.5) is 4.79 Å². The van der Waals surface area contributed by atoms with E-state index in [0.717, 1.165) is 6.42 Å². The molecule has 0 saturated carbocycles. The van der Waals surface area contributed by atoms with E-state index in [1.54, 1.807) is 6.92 Å². The van der Waals surface area contributed by atoms with Gasteiger partial charge in [-0.1, -0.05) is 13.3 Å². The number of carbonyl (C=O) groups excluding carboxylic acids is 2. The second-order valence-electron chi connectivity index (χ2n) is 4.97. The molecule has 2 N–H and O–H groups in total. The fourth-order valence-electron chi connectivity index (χ4n) is 2.48. The predicted molar refractivity (Wildman–Crippen MR) is 71.2 cm³/mol. The van der Waals surface area contributed by atoms with Crippen LogP contribution in [0.25, 0.3) is 0 Å². The number of carboxylic acids is 1. The van der Waals surface area contributed by atoms with Crippen molar-refractivity contribution < 1.29 is 24.2 Å². The van der Waals surface area contributed by atoms with Crippen LogP contribution in [0, 0.1) is 5.41 Å². The van der Waals surface area contributed by atoms with Gasteiger partial charge in [-0.05, 0) is 19.8 Å². The summed E-state index contributed by atoms with van der Waals surface area (Å²) in [6.07, 6.45) is 1.75. The molecule has 7 nitrogen and oxygen atoms in total. The molecule has 1 atom stereocenters. The van der Waals surface area contributed by atoms with Gasteiger partial charge in [-0.15, -0.1) is 0 Å². The van der Waals surface area contributed by atoms with E-state index in [2.05, 4.69) is 5.32 Å². The second-order valence-corrected chi connectivity index (χ2v) is 4.97. The van der Waals surface area contributed by atoms with E-state index >= 15 is 0 Å². The van der Waals surface area contributed by atoms with Crippen molar-refractivity contribution >= 4 is 18.0 Å². The number of amides is 2. The van der Waals surface area contributed by atoms with E-state index in [1.807, 2.05) is 6.92 Å². The molecule has 0 aromatic heterocycles. The van der Waals surface area contributed by atoms with Crippen molar-refractivity contribution in [2.24, 2.45) is 5.41 Å². The molecule has 1 aliphatic heterocycles. The maximum atomic E-state index is 11.9. The van der Waals surface area contributed by atoms with Crippen LogP contribution in [0.3, 0.4) is 0 Å². The number of ether oxygens (including phenoxy) is 1. The fraction of sp³-hybridized carbons (Fsp3) is 0.769. The third-order valence-electron chi connectivity index (χ3n) is 3.51. The first-order valence-electron chi connectivity index (χ1n) is 6.87. The second kappa shape index (κ2) is 7.12. The molecular weight excluding hydrogens is 264 g/mol. The quantitative estimate of drug-likeness (QED) is 0.705. The van der Waals surface area contributed by atoms with Gasteiger partial charge in [0, 0.05) is 13.1 Å². The molecule has 0 radical (unpaired) electrons. The van der Waals surface area contributed by atoms with Gasteiger partial charge in [0.2, 0.25) is 0 Å². The molecule has 0 aliphatic carbocycles. The van der Waals surface area contributed by atoms with Gasteiger partial charge in [0.25, 0.3) is 0 Å². The van der Waals surface area contributed by atoms with Crippen LogP contribution in [0.15, 0.2) is 0 Å². The number of rotatable bonds is 6. The van der Waals surface area contributed by atoms with Gasteiger partial charge in [0.05, 0.1) is 12.0 Å². The lowest BCUT2D eigenvalue weighted by Gasteiger charge is -2.24. The van der Waals surface area contributed by atoms with E-state index in [4.69, 9.17) is 4.74 Å². The Morgan fingerprint density at radius 2 is 2.05 bits per heavy atom. The SMILES string of the molecule is CCCC1(C(=O)O)CCN(C(=O)NCC(=O)OCC)C1. The summed E-state index contributed by atoms with van der Waals surface area (Å²) in [5.74, 6) is -1.36. The molecule has 2 amide bonds. The van der Waals surface area contributed by atoms with Gasteiger partial charge in [-0.2, -0.15) is 0 Å². The fourth-order valence-corrected chi connectivity index (χ4v) is 2.48. The Balaban J connectivity index is 2.51. The maximum absolute atomic E-state index is 11.9.